The number of pyridine rings is 1. The zero-order valence-corrected chi connectivity index (χ0v) is 17.7. The maximum atomic E-state index is 13.5. The van der Waals surface area contributed by atoms with E-state index in [9.17, 15) is 4.79 Å². The van der Waals surface area contributed by atoms with Crippen molar-refractivity contribution in [2.75, 3.05) is 23.9 Å². The monoisotopic (exact) mass is 418 g/mol. The fourth-order valence-corrected chi connectivity index (χ4v) is 3.79. The zero-order chi connectivity index (χ0) is 21.8. The molecule has 2 aromatic rings. The molecule has 3 N–H and O–H groups in total. The second-order valence-corrected chi connectivity index (χ2v) is 7.48. The van der Waals surface area contributed by atoms with Gasteiger partial charge in [0.1, 0.15) is 12.4 Å². The van der Waals surface area contributed by atoms with Crippen LogP contribution in [-0.2, 0) is 16.2 Å². The van der Waals surface area contributed by atoms with Gasteiger partial charge in [0.15, 0.2) is 0 Å². The molecule has 2 aliphatic rings. The molecule has 0 radical (unpaired) electrons. The van der Waals surface area contributed by atoms with Crippen molar-refractivity contribution in [2.24, 2.45) is 21.8 Å². The van der Waals surface area contributed by atoms with Crippen LogP contribution in [-0.4, -0.2) is 36.5 Å². The first-order valence-corrected chi connectivity index (χ1v) is 10.3. The standard InChI is InChI=1S/C23H26N6O2/c1-3-31-28-19-9-17(10-19)23(30)29-14-16-5-4-8-26-22(16)27-20-7-6-15(11-21(20)29)18(12-24)13-25-2/h4-8,11-13,17H,3,9-10,14,24H2,1-2H3,(H,26,27). The summed E-state index contributed by atoms with van der Waals surface area (Å²) in [7, 11) is 1.70. The molecule has 1 fully saturated rings. The van der Waals surface area contributed by atoms with Crippen LogP contribution in [0.25, 0.3) is 5.57 Å². The van der Waals surface area contributed by atoms with Gasteiger partial charge >= 0.3 is 0 Å². The molecular weight excluding hydrogens is 392 g/mol. The third-order valence-corrected chi connectivity index (χ3v) is 5.44. The summed E-state index contributed by atoms with van der Waals surface area (Å²) in [5.74, 6) is 0.703. The highest BCUT2D eigenvalue weighted by Gasteiger charge is 2.37. The highest BCUT2D eigenvalue weighted by molar-refractivity contribution is 6.11. The van der Waals surface area contributed by atoms with Gasteiger partial charge in [-0.15, -0.1) is 0 Å². The number of hydrogen-bond donors (Lipinski definition) is 2. The minimum absolute atomic E-state index is 0.0646. The van der Waals surface area contributed by atoms with Crippen LogP contribution in [0.3, 0.4) is 0 Å². The summed E-state index contributed by atoms with van der Waals surface area (Å²) in [5.41, 5.74) is 11.0. The third-order valence-electron chi connectivity index (χ3n) is 5.44. The molecule has 160 valence electrons. The number of nitrogens with two attached hydrogens (primary N) is 1. The highest BCUT2D eigenvalue weighted by Crippen LogP contribution is 2.39. The molecule has 8 nitrogen and oxygen atoms in total. The smallest absolute Gasteiger partial charge is 0.231 e. The molecule has 1 aliphatic carbocycles. The second-order valence-electron chi connectivity index (χ2n) is 7.48. The van der Waals surface area contributed by atoms with Crippen molar-refractivity contribution in [1.82, 2.24) is 4.98 Å². The molecule has 31 heavy (non-hydrogen) atoms. The normalized spacial score (nSPS) is 17.9. The predicted molar refractivity (Wildman–Crippen MR) is 124 cm³/mol. The molecule has 2 heterocycles. The van der Waals surface area contributed by atoms with Gasteiger partial charge in [-0.3, -0.25) is 9.79 Å². The fourth-order valence-electron chi connectivity index (χ4n) is 3.79. The molecule has 1 aliphatic heterocycles. The fraction of sp³-hybridized carbons (Fsp3) is 0.304. The van der Waals surface area contributed by atoms with E-state index in [2.05, 4.69) is 20.4 Å². The van der Waals surface area contributed by atoms with Gasteiger partial charge in [0.05, 0.1) is 23.6 Å². The Balaban J connectivity index is 1.71. The van der Waals surface area contributed by atoms with Gasteiger partial charge in [0.2, 0.25) is 5.91 Å². The number of amides is 1. The van der Waals surface area contributed by atoms with Gasteiger partial charge in [-0.05, 0) is 30.7 Å². The van der Waals surface area contributed by atoms with Crippen LogP contribution < -0.4 is 16.0 Å². The number of nitrogens with zero attached hydrogens (tertiary/aromatic N) is 4. The lowest BCUT2D eigenvalue weighted by molar-refractivity contribution is -0.122. The molecule has 0 unspecified atom stereocenters. The number of allylic oxidation sites excluding steroid dienone is 1. The first-order valence-electron chi connectivity index (χ1n) is 10.3. The first kappa shape index (κ1) is 20.6. The predicted octanol–water partition coefficient (Wildman–Crippen LogP) is 3.47. The Morgan fingerprint density at radius 1 is 1.39 bits per heavy atom. The van der Waals surface area contributed by atoms with Crippen LogP contribution in [0.1, 0.15) is 30.9 Å². The van der Waals surface area contributed by atoms with E-state index in [4.69, 9.17) is 10.6 Å². The summed E-state index contributed by atoms with van der Waals surface area (Å²) in [4.78, 5) is 29.0. The minimum atomic E-state index is -0.115. The van der Waals surface area contributed by atoms with Crippen molar-refractivity contribution in [2.45, 2.75) is 26.3 Å². The molecule has 0 saturated heterocycles. The summed E-state index contributed by atoms with van der Waals surface area (Å²) in [6.07, 6.45) is 6.20. The van der Waals surface area contributed by atoms with Crippen LogP contribution in [0.2, 0.25) is 0 Å². The van der Waals surface area contributed by atoms with Crippen LogP contribution in [0.4, 0.5) is 17.2 Å². The molecule has 1 aromatic heterocycles. The molecule has 4 rings (SSSR count). The van der Waals surface area contributed by atoms with E-state index in [1.165, 1.54) is 6.20 Å². The Morgan fingerprint density at radius 3 is 2.97 bits per heavy atom. The Labute approximate surface area is 181 Å². The number of fused-ring (bicyclic) bond motifs is 2. The number of oxime groups is 1. The zero-order valence-electron chi connectivity index (χ0n) is 17.7. The van der Waals surface area contributed by atoms with Crippen LogP contribution in [0.5, 0.6) is 0 Å². The molecule has 8 heteroatoms. The van der Waals surface area contributed by atoms with Crippen LogP contribution >= 0.6 is 0 Å². The van der Waals surface area contributed by atoms with E-state index in [0.29, 0.717) is 26.0 Å². The first-order chi connectivity index (χ1) is 15.1. The Morgan fingerprint density at radius 2 is 2.23 bits per heavy atom. The number of carbonyl (C=O) groups is 1. The molecule has 0 atom stereocenters. The van der Waals surface area contributed by atoms with Gasteiger partial charge < -0.3 is 20.8 Å². The number of nitrogens with one attached hydrogen (secondary N) is 1. The van der Waals surface area contributed by atoms with Crippen molar-refractivity contribution < 1.29 is 9.63 Å². The van der Waals surface area contributed by atoms with Gasteiger partial charge in [0.25, 0.3) is 0 Å². The number of hydrogen-bond acceptors (Lipinski definition) is 7. The number of carbonyl (C=O) groups excluding carboxylic acids is 1. The van der Waals surface area contributed by atoms with Gasteiger partial charge in [-0.2, -0.15) is 0 Å². The Hall–Kier alpha value is -3.68. The Bertz CT molecular complexity index is 1070. The maximum Gasteiger partial charge on any atom is 0.231 e. The van der Waals surface area contributed by atoms with E-state index in [1.807, 2.05) is 42.2 Å². The average molecular weight is 419 g/mol. The van der Waals surface area contributed by atoms with Crippen LogP contribution in [0.15, 0.2) is 52.9 Å². The molecule has 1 saturated carbocycles. The average Bonchev–Trinajstić information content (AvgIpc) is 2.92. The molecule has 0 spiro atoms. The van der Waals surface area contributed by atoms with Crippen molar-refractivity contribution in [3.8, 4) is 0 Å². The lowest BCUT2D eigenvalue weighted by atomic mass is 9.82. The lowest BCUT2D eigenvalue weighted by Crippen LogP contribution is -2.42. The number of aliphatic imine (C=N–C) groups is 1. The number of benzene rings is 1. The van der Waals surface area contributed by atoms with Crippen molar-refractivity contribution in [3.63, 3.8) is 0 Å². The summed E-state index contributed by atoms with van der Waals surface area (Å²) in [6.45, 7) is 2.85. The molecular formula is C23H26N6O2. The van der Waals surface area contributed by atoms with Gasteiger partial charge in [-0.25, -0.2) is 4.98 Å². The number of rotatable bonds is 5. The van der Waals surface area contributed by atoms with E-state index in [1.54, 1.807) is 19.5 Å². The summed E-state index contributed by atoms with van der Waals surface area (Å²) in [5, 5.41) is 7.46. The quantitative estimate of drug-likeness (QED) is 0.571. The van der Waals surface area contributed by atoms with Crippen molar-refractivity contribution in [3.05, 3.63) is 53.9 Å². The number of aromatic nitrogens is 1. The minimum Gasteiger partial charge on any atom is -0.404 e. The van der Waals surface area contributed by atoms with Crippen molar-refractivity contribution >= 4 is 40.6 Å². The highest BCUT2D eigenvalue weighted by atomic mass is 16.6. The van der Waals surface area contributed by atoms with Gasteiger partial charge in [0, 0.05) is 55.6 Å². The lowest BCUT2D eigenvalue weighted by Gasteiger charge is -2.32. The molecule has 1 aromatic carbocycles. The summed E-state index contributed by atoms with van der Waals surface area (Å²) >= 11 is 0. The molecule has 1 amide bonds. The largest absolute Gasteiger partial charge is 0.404 e. The van der Waals surface area contributed by atoms with E-state index in [0.717, 1.165) is 39.6 Å². The maximum absolute atomic E-state index is 13.5. The van der Waals surface area contributed by atoms with Gasteiger partial charge in [-0.1, -0.05) is 17.3 Å². The number of anilines is 3. The SMILES string of the molecule is CCON=C1CC(C(=O)N2Cc3cccnc3Nc3ccc(C(C=NC)=CN)cc32)C1. The summed E-state index contributed by atoms with van der Waals surface area (Å²) in [6, 6.07) is 9.75. The van der Waals surface area contributed by atoms with Crippen molar-refractivity contribution in [1.29, 1.82) is 0 Å². The molecule has 0 bridgehead atoms. The second kappa shape index (κ2) is 8.99. The van der Waals surface area contributed by atoms with E-state index < -0.39 is 0 Å². The Kier molecular flexibility index (Phi) is 5.97. The third kappa shape index (κ3) is 4.14. The van der Waals surface area contributed by atoms with Crippen LogP contribution in [0, 0.1) is 5.92 Å². The van der Waals surface area contributed by atoms with E-state index >= 15 is 0 Å². The van der Waals surface area contributed by atoms with E-state index in [-0.39, 0.29) is 11.8 Å². The summed E-state index contributed by atoms with van der Waals surface area (Å²) < 4.78 is 0. The topological polar surface area (TPSA) is 105 Å².